The molecule has 0 radical (unpaired) electrons. The minimum Gasteiger partial charge on any atom is -0.461 e. The van der Waals surface area contributed by atoms with E-state index in [0.29, 0.717) is 54.4 Å². The van der Waals surface area contributed by atoms with Crippen molar-refractivity contribution in [3.8, 4) is 23.2 Å². The number of nitriles is 1. The molecular formula is C32H28Cl2F3N9OS. The molecule has 0 spiro atoms. The van der Waals surface area contributed by atoms with Gasteiger partial charge in [-0.25, -0.2) is 13.2 Å². The summed E-state index contributed by atoms with van der Waals surface area (Å²) in [6.45, 7) is 2.58. The topological polar surface area (TPSA) is 135 Å². The van der Waals surface area contributed by atoms with Gasteiger partial charge in [0, 0.05) is 42.4 Å². The van der Waals surface area contributed by atoms with Crippen LogP contribution in [0.15, 0.2) is 18.2 Å². The van der Waals surface area contributed by atoms with Gasteiger partial charge in [0.05, 0.1) is 33.1 Å². The summed E-state index contributed by atoms with van der Waals surface area (Å²) in [5, 5.41) is 15.1. The normalized spacial score (nSPS) is 21.1. The first-order chi connectivity index (χ1) is 23.1. The molecule has 8 rings (SSSR count). The van der Waals surface area contributed by atoms with Crippen LogP contribution >= 0.6 is 34.5 Å². The lowest BCUT2D eigenvalue weighted by Crippen LogP contribution is -2.43. The van der Waals surface area contributed by atoms with Crippen LogP contribution in [-0.4, -0.2) is 62.6 Å². The smallest absolute Gasteiger partial charge is 0.319 e. The largest absolute Gasteiger partial charge is 0.461 e. The Labute approximate surface area is 286 Å². The standard InChI is InChI=1S/C32H28Cl2F3N9OS/c33-19-9-17-26(25(37)23(19)16-3-4-20(36)27-22(16)18(11-38)29(40)48-27)41-31(47-14-32-5-1-7-45(32)12-15(35)10-32)42-30(17)44-6-2-8-46-21(13-44)24(34)28(39)43-46/h3-4,9,15H,1-2,5-8,10,12-14,40H2,(H2,39,43)/t15-,32+/m1/s1. The molecule has 6 heterocycles. The predicted octanol–water partition coefficient (Wildman–Crippen LogP) is 6.69. The summed E-state index contributed by atoms with van der Waals surface area (Å²) < 4.78 is 54.6. The number of nitrogens with zero attached hydrogens (tertiary/aromatic N) is 7. The first kappa shape index (κ1) is 31.3. The minimum atomic E-state index is -0.958. The van der Waals surface area contributed by atoms with Crippen molar-refractivity contribution in [2.45, 2.75) is 50.5 Å². The van der Waals surface area contributed by atoms with E-state index in [1.807, 2.05) is 11.0 Å². The molecule has 48 heavy (non-hydrogen) atoms. The fourth-order valence-corrected chi connectivity index (χ4v) is 8.99. The number of halogens is 5. The highest BCUT2D eigenvalue weighted by Gasteiger charge is 2.49. The zero-order chi connectivity index (χ0) is 33.5. The number of nitrogens with two attached hydrogens (primary N) is 2. The molecule has 2 atom stereocenters. The Kier molecular flexibility index (Phi) is 7.52. The number of benzene rings is 2. The Morgan fingerprint density at radius 2 is 1.98 bits per heavy atom. The Hall–Kier alpha value is -4.03. The highest BCUT2D eigenvalue weighted by atomic mass is 35.5. The summed E-state index contributed by atoms with van der Waals surface area (Å²) >= 11 is 14.3. The van der Waals surface area contributed by atoms with Gasteiger partial charge in [0.15, 0.2) is 11.6 Å². The second kappa shape index (κ2) is 11.5. The molecule has 0 bridgehead atoms. The average molecular weight is 715 g/mol. The van der Waals surface area contributed by atoms with Crippen molar-refractivity contribution in [3.63, 3.8) is 0 Å². The van der Waals surface area contributed by atoms with Crippen LogP contribution in [0.4, 0.5) is 29.8 Å². The monoisotopic (exact) mass is 713 g/mol. The van der Waals surface area contributed by atoms with E-state index in [1.165, 1.54) is 12.1 Å². The highest BCUT2D eigenvalue weighted by Crippen LogP contribution is 2.46. The Morgan fingerprint density at radius 1 is 1.15 bits per heavy atom. The van der Waals surface area contributed by atoms with Crippen LogP contribution in [0.2, 0.25) is 10.0 Å². The van der Waals surface area contributed by atoms with Gasteiger partial charge < -0.3 is 21.1 Å². The van der Waals surface area contributed by atoms with Crippen LogP contribution in [0, 0.1) is 23.0 Å². The fraction of sp³-hybridized carbons (Fsp3) is 0.375. The van der Waals surface area contributed by atoms with Gasteiger partial charge in [-0.15, -0.1) is 11.3 Å². The number of nitrogen functional groups attached to an aromatic ring is 2. The predicted molar refractivity (Wildman–Crippen MR) is 180 cm³/mol. The van der Waals surface area contributed by atoms with Crippen LogP contribution < -0.4 is 21.1 Å². The van der Waals surface area contributed by atoms with Gasteiger partial charge in [-0.3, -0.25) is 9.58 Å². The third kappa shape index (κ3) is 4.81. The van der Waals surface area contributed by atoms with E-state index in [2.05, 4.69) is 15.0 Å². The van der Waals surface area contributed by atoms with E-state index in [0.717, 1.165) is 30.7 Å². The van der Waals surface area contributed by atoms with Crippen LogP contribution in [0.5, 0.6) is 6.01 Å². The summed E-state index contributed by atoms with van der Waals surface area (Å²) in [5.74, 6) is -0.834. The van der Waals surface area contributed by atoms with Crippen molar-refractivity contribution in [3.05, 3.63) is 51.1 Å². The second-order valence-corrected chi connectivity index (χ2v) is 14.4. The lowest BCUT2D eigenvalue weighted by atomic mass is 9.95. The number of aromatic nitrogens is 4. The van der Waals surface area contributed by atoms with Gasteiger partial charge in [0.25, 0.3) is 0 Å². The van der Waals surface area contributed by atoms with Crippen molar-refractivity contribution >= 4 is 72.2 Å². The van der Waals surface area contributed by atoms with Crippen LogP contribution in [0.25, 0.3) is 32.1 Å². The number of anilines is 3. The number of alkyl halides is 1. The number of hydrogen-bond donors (Lipinski definition) is 2. The fourth-order valence-electron chi connectivity index (χ4n) is 7.55. The maximum atomic E-state index is 17.0. The van der Waals surface area contributed by atoms with Gasteiger partial charge in [-0.05, 0) is 43.5 Å². The number of rotatable bonds is 5. The molecule has 5 aromatic rings. The maximum absolute atomic E-state index is 17.0. The Balaban J connectivity index is 1.31. The van der Waals surface area contributed by atoms with E-state index >= 15 is 4.39 Å². The molecule has 0 aliphatic carbocycles. The maximum Gasteiger partial charge on any atom is 0.319 e. The lowest BCUT2D eigenvalue weighted by Gasteiger charge is -2.31. The quantitative estimate of drug-likeness (QED) is 0.204. The Morgan fingerprint density at radius 3 is 2.79 bits per heavy atom. The highest BCUT2D eigenvalue weighted by molar-refractivity contribution is 7.23. The molecule has 248 valence electrons. The third-order valence-electron chi connectivity index (χ3n) is 9.73. The molecular weight excluding hydrogens is 686 g/mol. The molecule has 4 N–H and O–H groups in total. The van der Waals surface area contributed by atoms with Gasteiger partial charge in [0.2, 0.25) is 0 Å². The van der Waals surface area contributed by atoms with E-state index in [9.17, 15) is 14.0 Å². The number of aryl methyl sites for hydroxylation is 1. The molecule has 3 aromatic heterocycles. The zero-order valence-electron chi connectivity index (χ0n) is 25.4. The van der Waals surface area contributed by atoms with Crippen LogP contribution in [0.3, 0.4) is 0 Å². The molecule has 0 amide bonds. The molecule has 2 fully saturated rings. The zero-order valence-corrected chi connectivity index (χ0v) is 27.7. The number of thiophene rings is 1. The summed E-state index contributed by atoms with van der Waals surface area (Å²) in [5.41, 5.74) is 12.4. The van der Waals surface area contributed by atoms with Crippen molar-refractivity contribution in [2.75, 3.05) is 42.6 Å². The first-order valence-electron chi connectivity index (χ1n) is 15.5. The van der Waals surface area contributed by atoms with Crippen molar-refractivity contribution in [1.82, 2.24) is 24.6 Å². The van der Waals surface area contributed by atoms with Gasteiger partial charge >= 0.3 is 6.01 Å². The van der Waals surface area contributed by atoms with Crippen LogP contribution in [-0.2, 0) is 13.1 Å². The van der Waals surface area contributed by atoms with Gasteiger partial charge in [-0.2, -0.15) is 20.3 Å². The van der Waals surface area contributed by atoms with E-state index < -0.39 is 23.3 Å². The second-order valence-electron chi connectivity index (χ2n) is 12.5. The average Bonchev–Trinajstić information content (AvgIpc) is 3.72. The van der Waals surface area contributed by atoms with Crippen molar-refractivity contribution in [1.29, 1.82) is 5.26 Å². The third-order valence-corrected chi connectivity index (χ3v) is 11.5. The SMILES string of the molecule is N#Cc1c(N)sc2c(F)ccc(-c3c(Cl)cc4c(N5CCCn6nc(N)c(Cl)c6C5)nc(OC[C@@]56CCCN5C[C@H](F)C6)nc4c3F)c12. The summed E-state index contributed by atoms with van der Waals surface area (Å²) in [6, 6.07) is 6.07. The molecule has 0 saturated carbocycles. The summed E-state index contributed by atoms with van der Waals surface area (Å²) in [4.78, 5) is 13.4. The molecule has 3 aliphatic rings. The van der Waals surface area contributed by atoms with Crippen molar-refractivity contribution < 1.29 is 17.9 Å². The van der Waals surface area contributed by atoms with E-state index in [-0.39, 0.29) is 67.3 Å². The van der Waals surface area contributed by atoms with Gasteiger partial charge in [-0.1, -0.05) is 29.3 Å². The molecule has 3 aliphatic heterocycles. The number of hydrogen-bond acceptors (Lipinski definition) is 10. The summed E-state index contributed by atoms with van der Waals surface area (Å²) in [6.07, 6.45) is 1.72. The van der Waals surface area contributed by atoms with E-state index in [4.69, 9.17) is 44.4 Å². The van der Waals surface area contributed by atoms with Crippen molar-refractivity contribution in [2.24, 2.45) is 0 Å². The van der Waals surface area contributed by atoms with E-state index in [1.54, 1.807) is 10.7 Å². The minimum absolute atomic E-state index is 0.00246. The molecule has 2 saturated heterocycles. The molecule has 10 nitrogen and oxygen atoms in total. The first-order valence-corrected chi connectivity index (χ1v) is 17.0. The van der Waals surface area contributed by atoms with Crippen LogP contribution in [0.1, 0.15) is 36.9 Å². The van der Waals surface area contributed by atoms with Gasteiger partial charge in [0.1, 0.15) is 46.0 Å². The Bertz CT molecular complexity index is 2190. The number of fused-ring (bicyclic) bond motifs is 4. The number of ether oxygens (including phenoxy) is 1. The summed E-state index contributed by atoms with van der Waals surface area (Å²) in [7, 11) is 0. The lowest BCUT2D eigenvalue weighted by molar-refractivity contribution is 0.107. The molecule has 2 aromatic carbocycles. The molecule has 16 heteroatoms. The molecule has 0 unspecified atom stereocenters.